The molecule has 17 heavy (non-hydrogen) atoms. The second-order valence-corrected chi connectivity index (χ2v) is 5.47. The number of rotatable bonds is 5. The van der Waals surface area contributed by atoms with E-state index in [0.29, 0.717) is 11.5 Å². The fourth-order valence-electron chi connectivity index (χ4n) is 3.02. The fourth-order valence-corrected chi connectivity index (χ4v) is 3.02. The van der Waals surface area contributed by atoms with Crippen LogP contribution >= 0.6 is 0 Å². The highest BCUT2D eigenvalue weighted by atomic mass is 15.0. The summed E-state index contributed by atoms with van der Waals surface area (Å²) in [4.78, 5) is 0. The minimum absolute atomic E-state index is 0.434. The van der Waals surface area contributed by atoms with Crippen LogP contribution in [0.2, 0.25) is 0 Å². The predicted molar refractivity (Wildman–Crippen MR) is 73.3 cm³/mol. The molecule has 0 aliphatic heterocycles. The first kappa shape index (κ1) is 12.6. The van der Waals surface area contributed by atoms with E-state index in [9.17, 15) is 0 Å². The van der Waals surface area contributed by atoms with E-state index in [1.54, 1.807) is 0 Å². The molecule has 2 N–H and O–H groups in total. The lowest BCUT2D eigenvalue weighted by molar-refractivity contribution is 0.346. The molecular weight excluding hydrogens is 208 g/mol. The van der Waals surface area contributed by atoms with Crippen LogP contribution in [0.1, 0.15) is 35.6 Å². The van der Waals surface area contributed by atoms with Crippen molar-refractivity contribution in [3.05, 3.63) is 34.9 Å². The van der Waals surface area contributed by atoms with Gasteiger partial charge < -0.3 is 10.6 Å². The van der Waals surface area contributed by atoms with E-state index >= 15 is 0 Å². The first-order chi connectivity index (χ1) is 8.13. The summed E-state index contributed by atoms with van der Waals surface area (Å²) in [6.07, 6.45) is 2.65. The second-order valence-electron chi connectivity index (χ2n) is 5.47. The van der Waals surface area contributed by atoms with Crippen LogP contribution < -0.4 is 10.6 Å². The zero-order chi connectivity index (χ0) is 12.5. The normalized spacial score (nSPS) is 19.1. The lowest BCUT2D eigenvalue weighted by Gasteiger charge is -2.28. The first-order valence-electron chi connectivity index (χ1n) is 6.52. The summed E-state index contributed by atoms with van der Waals surface area (Å²) in [5, 5.41) is 6.87. The fraction of sp³-hybridized carbons (Fsp3) is 0.600. The van der Waals surface area contributed by atoms with Crippen LogP contribution in [0, 0.1) is 19.3 Å². The predicted octanol–water partition coefficient (Wildman–Crippen LogP) is 2.56. The van der Waals surface area contributed by atoms with Crippen molar-refractivity contribution in [1.29, 1.82) is 0 Å². The van der Waals surface area contributed by atoms with Gasteiger partial charge in [0.15, 0.2) is 0 Å². The molecule has 0 spiro atoms. The quantitative estimate of drug-likeness (QED) is 0.815. The summed E-state index contributed by atoms with van der Waals surface area (Å²) in [6, 6.07) is 7.29. The standard InChI is InChI=1S/C15H24N2/c1-11-5-6-13(12(2)9-11)14(17-4)15(7-8-15)10-16-3/h5-6,9,14,16-17H,7-8,10H2,1-4H3. The molecule has 94 valence electrons. The van der Waals surface area contributed by atoms with Crippen molar-refractivity contribution in [2.45, 2.75) is 32.7 Å². The van der Waals surface area contributed by atoms with E-state index in [4.69, 9.17) is 0 Å². The summed E-state index contributed by atoms with van der Waals surface area (Å²) in [6.45, 7) is 5.49. The van der Waals surface area contributed by atoms with Gasteiger partial charge in [-0.2, -0.15) is 0 Å². The maximum atomic E-state index is 3.53. The SMILES string of the molecule is CNCC1(C(NC)c2ccc(C)cc2C)CC1. The molecule has 1 aromatic carbocycles. The molecule has 2 heteroatoms. The first-order valence-corrected chi connectivity index (χ1v) is 6.52. The van der Waals surface area contributed by atoms with Crippen molar-refractivity contribution in [2.24, 2.45) is 5.41 Å². The number of hydrogen-bond donors (Lipinski definition) is 2. The third-order valence-electron chi connectivity index (χ3n) is 4.06. The van der Waals surface area contributed by atoms with Gasteiger partial charge in [0, 0.05) is 18.0 Å². The Morgan fingerprint density at radius 3 is 2.41 bits per heavy atom. The van der Waals surface area contributed by atoms with Crippen LogP contribution in [-0.2, 0) is 0 Å². The number of benzene rings is 1. The summed E-state index contributed by atoms with van der Waals surface area (Å²) in [7, 11) is 4.13. The number of aryl methyl sites for hydroxylation is 2. The van der Waals surface area contributed by atoms with Crippen molar-refractivity contribution >= 4 is 0 Å². The van der Waals surface area contributed by atoms with Gasteiger partial charge in [0.25, 0.3) is 0 Å². The Labute approximate surface area is 105 Å². The van der Waals surface area contributed by atoms with Crippen LogP contribution in [0.25, 0.3) is 0 Å². The van der Waals surface area contributed by atoms with E-state index in [1.807, 2.05) is 0 Å². The molecule has 2 nitrogen and oxygen atoms in total. The molecule has 2 rings (SSSR count). The van der Waals surface area contributed by atoms with Gasteiger partial charge in [-0.05, 0) is 51.9 Å². The van der Waals surface area contributed by atoms with Gasteiger partial charge in [-0.3, -0.25) is 0 Å². The van der Waals surface area contributed by atoms with Crippen molar-refractivity contribution in [3.8, 4) is 0 Å². The summed E-state index contributed by atoms with van der Waals surface area (Å²) < 4.78 is 0. The summed E-state index contributed by atoms with van der Waals surface area (Å²) >= 11 is 0. The van der Waals surface area contributed by atoms with Gasteiger partial charge >= 0.3 is 0 Å². The molecule has 0 radical (unpaired) electrons. The Bertz CT molecular complexity index is 394. The average Bonchev–Trinajstić information content (AvgIpc) is 3.04. The van der Waals surface area contributed by atoms with Crippen LogP contribution in [-0.4, -0.2) is 20.6 Å². The van der Waals surface area contributed by atoms with E-state index in [-0.39, 0.29) is 0 Å². The van der Waals surface area contributed by atoms with Gasteiger partial charge in [-0.25, -0.2) is 0 Å². The van der Waals surface area contributed by atoms with Crippen LogP contribution in [0.3, 0.4) is 0 Å². The third-order valence-corrected chi connectivity index (χ3v) is 4.06. The zero-order valence-corrected chi connectivity index (χ0v) is 11.4. The largest absolute Gasteiger partial charge is 0.319 e. The Morgan fingerprint density at radius 1 is 1.24 bits per heavy atom. The van der Waals surface area contributed by atoms with Crippen LogP contribution in [0.4, 0.5) is 0 Å². The number of hydrogen-bond acceptors (Lipinski definition) is 2. The van der Waals surface area contributed by atoms with Crippen molar-refractivity contribution in [1.82, 2.24) is 10.6 Å². The molecule has 0 saturated heterocycles. The smallest absolute Gasteiger partial charge is 0.0389 e. The molecular formula is C15H24N2. The zero-order valence-electron chi connectivity index (χ0n) is 11.4. The highest BCUT2D eigenvalue weighted by molar-refractivity contribution is 5.35. The lowest BCUT2D eigenvalue weighted by atomic mass is 9.87. The van der Waals surface area contributed by atoms with E-state index < -0.39 is 0 Å². The van der Waals surface area contributed by atoms with Gasteiger partial charge in [0.2, 0.25) is 0 Å². The molecule has 1 unspecified atom stereocenters. The average molecular weight is 232 g/mol. The monoisotopic (exact) mass is 232 g/mol. The molecule has 1 atom stereocenters. The Balaban J connectivity index is 2.29. The van der Waals surface area contributed by atoms with Crippen molar-refractivity contribution in [3.63, 3.8) is 0 Å². The Hall–Kier alpha value is -0.860. The second kappa shape index (κ2) is 4.79. The molecule has 0 amide bonds. The van der Waals surface area contributed by atoms with Crippen LogP contribution in [0.5, 0.6) is 0 Å². The van der Waals surface area contributed by atoms with E-state index in [2.05, 4.69) is 56.8 Å². The maximum absolute atomic E-state index is 3.53. The van der Waals surface area contributed by atoms with Crippen molar-refractivity contribution < 1.29 is 0 Å². The summed E-state index contributed by atoms with van der Waals surface area (Å²) in [5.41, 5.74) is 4.65. The van der Waals surface area contributed by atoms with Gasteiger partial charge in [-0.1, -0.05) is 23.8 Å². The molecule has 1 aromatic rings. The molecule has 0 heterocycles. The Kier molecular flexibility index (Phi) is 3.55. The van der Waals surface area contributed by atoms with Crippen LogP contribution in [0.15, 0.2) is 18.2 Å². The minimum atomic E-state index is 0.434. The van der Waals surface area contributed by atoms with E-state index in [1.165, 1.54) is 29.5 Å². The molecule has 1 fully saturated rings. The van der Waals surface area contributed by atoms with E-state index in [0.717, 1.165) is 6.54 Å². The minimum Gasteiger partial charge on any atom is -0.319 e. The Morgan fingerprint density at radius 2 is 1.94 bits per heavy atom. The number of nitrogens with one attached hydrogen (secondary N) is 2. The van der Waals surface area contributed by atoms with Gasteiger partial charge in [0.1, 0.15) is 0 Å². The lowest BCUT2D eigenvalue weighted by Crippen LogP contribution is -2.34. The van der Waals surface area contributed by atoms with Gasteiger partial charge in [0.05, 0.1) is 0 Å². The van der Waals surface area contributed by atoms with Crippen molar-refractivity contribution in [2.75, 3.05) is 20.6 Å². The highest BCUT2D eigenvalue weighted by Gasteiger charge is 2.48. The maximum Gasteiger partial charge on any atom is 0.0389 e. The molecule has 1 aliphatic rings. The summed E-state index contributed by atoms with van der Waals surface area (Å²) in [5.74, 6) is 0. The third kappa shape index (κ3) is 2.38. The highest BCUT2D eigenvalue weighted by Crippen LogP contribution is 2.54. The van der Waals surface area contributed by atoms with Gasteiger partial charge in [-0.15, -0.1) is 0 Å². The molecule has 1 saturated carbocycles. The molecule has 0 bridgehead atoms. The molecule has 1 aliphatic carbocycles. The topological polar surface area (TPSA) is 24.1 Å². The molecule has 0 aromatic heterocycles.